The second kappa shape index (κ2) is 7.74. The lowest BCUT2D eigenvalue weighted by Crippen LogP contribution is -2.51. The molecule has 142 valence electrons. The lowest BCUT2D eigenvalue weighted by molar-refractivity contribution is -0.122. The van der Waals surface area contributed by atoms with Crippen LogP contribution in [0.4, 0.5) is 0 Å². The van der Waals surface area contributed by atoms with Crippen LogP contribution in [0.5, 0.6) is 0 Å². The zero-order valence-corrected chi connectivity index (χ0v) is 16.2. The number of aromatic nitrogens is 2. The second-order valence-corrected chi connectivity index (χ2v) is 8.06. The Labute approximate surface area is 162 Å². The largest absolute Gasteiger partial charge is 0.352 e. The van der Waals surface area contributed by atoms with E-state index in [-0.39, 0.29) is 11.8 Å². The third-order valence-electron chi connectivity index (χ3n) is 4.84. The molecular formula is C19H23N5O2S. The first-order valence-corrected chi connectivity index (χ1v) is 10.1. The number of nitrogens with one attached hydrogen (secondary N) is 1. The number of amides is 2. The second-order valence-electron chi connectivity index (χ2n) is 7.06. The quantitative estimate of drug-likeness (QED) is 0.845. The van der Waals surface area contributed by atoms with E-state index in [0.29, 0.717) is 30.6 Å². The van der Waals surface area contributed by atoms with Crippen molar-refractivity contribution in [3.05, 3.63) is 35.0 Å². The summed E-state index contributed by atoms with van der Waals surface area (Å²) in [6.07, 6.45) is 3.93. The fourth-order valence-corrected chi connectivity index (χ4v) is 4.16. The van der Waals surface area contributed by atoms with Gasteiger partial charge in [0.2, 0.25) is 5.91 Å². The predicted molar refractivity (Wildman–Crippen MR) is 104 cm³/mol. The average molecular weight is 385 g/mol. The fourth-order valence-electron chi connectivity index (χ4n) is 3.15. The Morgan fingerprint density at radius 3 is 2.67 bits per heavy atom. The van der Waals surface area contributed by atoms with Gasteiger partial charge in [0.05, 0.1) is 17.9 Å². The molecule has 2 amide bonds. The molecule has 2 aliphatic rings. The van der Waals surface area contributed by atoms with Crippen LogP contribution in [-0.2, 0) is 4.79 Å². The molecule has 1 saturated carbocycles. The highest BCUT2D eigenvalue weighted by atomic mass is 32.1. The first-order valence-electron chi connectivity index (χ1n) is 9.30. The number of nitrogens with zero attached hydrogens (tertiary/aromatic N) is 4. The minimum absolute atomic E-state index is 0.0225. The van der Waals surface area contributed by atoms with Crippen LogP contribution in [0.3, 0.4) is 0 Å². The monoisotopic (exact) mass is 385 g/mol. The van der Waals surface area contributed by atoms with Crippen LogP contribution in [0.15, 0.2) is 24.4 Å². The Morgan fingerprint density at radius 2 is 2.00 bits per heavy atom. The highest BCUT2D eigenvalue weighted by Crippen LogP contribution is 2.27. The Hall–Kier alpha value is -2.32. The van der Waals surface area contributed by atoms with Crippen molar-refractivity contribution in [3.8, 4) is 10.7 Å². The van der Waals surface area contributed by atoms with Crippen LogP contribution in [0.1, 0.15) is 28.2 Å². The van der Waals surface area contributed by atoms with Crippen molar-refractivity contribution in [2.75, 3.05) is 32.7 Å². The maximum atomic E-state index is 12.9. The van der Waals surface area contributed by atoms with Gasteiger partial charge in [-0.2, -0.15) is 0 Å². The number of hydrogen-bond donors (Lipinski definition) is 1. The van der Waals surface area contributed by atoms with Gasteiger partial charge in [-0.25, -0.2) is 4.98 Å². The Morgan fingerprint density at radius 1 is 1.22 bits per heavy atom. The van der Waals surface area contributed by atoms with Crippen molar-refractivity contribution in [1.82, 2.24) is 25.1 Å². The molecule has 1 aliphatic heterocycles. The Bertz CT molecular complexity index is 826. The molecule has 0 unspecified atom stereocenters. The van der Waals surface area contributed by atoms with E-state index in [2.05, 4.69) is 20.2 Å². The zero-order valence-electron chi connectivity index (χ0n) is 15.4. The van der Waals surface area contributed by atoms with Gasteiger partial charge in [-0.1, -0.05) is 6.07 Å². The van der Waals surface area contributed by atoms with Gasteiger partial charge in [-0.05, 0) is 31.9 Å². The summed E-state index contributed by atoms with van der Waals surface area (Å²) >= 11 is 1.40. The van der Waals surface area contributed by atoms with Crippen molar-refractivity contribution < 1.29 is 9.59 Å². The summed E-state index contributed by atoms with van der Waals surface area (Å²) in [5, 5.41) is 3.78. The Kier molecular flexibility index (Phi) is 5.18. The lowest BCUT2D eigenvalue weighted by atomic mass is 10.2. The van der Waals surface area contributed by atoms with Gasteiger partial charge in [0.15, 0.2) is 0 Å². The van der Waals surface area contributed by atoms with Gasteiger partial charge >= 0.3 is 0 Å². The maximum absolute atomic E-state index is 12.9. The summed E-state index contributed by atoms with van der Waals surface area (Å²) in [7, 11) is 0. The first kappa shape index (κ1) is 18.1. The van der Waals surface area contributed by atoms with E-state index in [4.69, 9.17) is 0 Å². The van der Waals surface area contributed by atoms with E-state index < -0.39 is 0 Å². The Balaban J connectivity index is 1.35. The smallest absolute Gasteiger partial charge is 0.265 e. The van der Waals surface area contributed by atoms with Crippen molar-refractivity contribution in [2.45, 2.75) is 25.8 Å². The van der Waals surface area contributed by atoms with E-state index in [9.17, 15) is 9.59 Å². The van der Waals surface area contributed by atoms with Crippen LogP contribution in [0.25, 0.3) is 10.7 Å². The molecule has 0 spiro atoms. The molecule has 7 nitrogen and oxygen atoms in total. The predicted octanol–water partition coefficient (Wildman–Crippen LogP) is 1.55. The minimum atomic E-state index is 0.0225. The molecule has 0 radical (unpaired) electrons. The van der Waals surface area contributed by atoms with Crippen LogP contribution in [0.2, 0.25) is 0 Å². The van der Waals surface area contributed by atoms with E-state index in [1.165, 1.54) is 11.3 Å². The molecule has 1 saturated heterocycles. The number of hydrogen-bond acceptors (Lipinski definition) is 6. The van der Waals surface area contributed by atoms with E-state index in [1.807, 2.05) is 30.0 Å². The van der Waals surface area contributed by atoms with Gasteiger partial charge in [0.1, 0.15) is 9.88 Å². The number of pyridine rings is 1. The topological polar surface area (TPSA) is 78.4 Å². The number of thiazole rings is 1. The molecule has 4 rings (SSSR count). The van der Waals surface area contributed by atoms with Gasteiger partial charge in [0, 0.05) is 38.4 Å². The SMILES string of the molecule is Cc1nc(-c2ccccn2)sc1C(=O)N1CCN(CC(=O)NC2CC2)CC1. The van der Waals surface area contributed by atoms with E-state index >= 15 is 0 Å². The van der Waals surface area contributed by atoms with Crippen molar-refractivity contribution in [1.29, 1.82) is 0 Å². The zero-order chi connectivity index (χ0) is 18.8. The van der Waals surface area contributed by atoms with Gasteiger partial charge in [-0.15, -0.1) is 11.3 Å². The van der Waals surface area contributed by atoms with Crippen molar-refractivity contribution in [3.63, 3.8) is 0 Å². The lowest BCUT2D eigenvalue weighted by Gasteiger charge is -2.34. The molecule has 3 heterocycles. The van der Waals surface area contributed by atoms with E-state index in [1.54, 1.807) is 6.20 Å². The molecule has 1 aliphatic carbocycles. The van der Waals surface area contributed by atoms with Crippen molar-refractivity contribution in [2.24, 2.45) is 0 Å². The molecule has 1 N–H and O–H groups in total. The van der Waals surface area contributed by atoms with Gasteiger partial charge < -0.3 is 10.2 Å². The molecule has 2 aromatic rings. The number of aryl methyl sites for hydroxylation is 1. The standard InChI is InChI=1S/C19H23N5O2S/c1-13-17(27-18(21-13)15-4-2-3-7-20-15)19(26)24-10-8-23(9-11-24)12-16(25)22-14-5-6-14/h2-4,7,14H,5-6,8-12H2,1H3,(H,22,25). The van der Waals surface area contributed by atoms with Crippen LogP contribution in [0, 0.1) is 6.92 Å². The summed E-state index contributed by atoms with van der Waals surface area (Å²) in [5.41, 5.74) is 1.54. The summed E-state index contributed by atoms with van der Waals surface area (Å²) in [4.78, 5) is 38.4. The summed E-state index contributed by atoms with van der Waals surface area (Å²) in [6, 6.07) is 6.07. The summed E-state index contributed by atoms with van der Waals surface area (Å²) in [5.74, 6) is 0.116. The number of carbonyl (C=O) groups is 2. The summed E-state index contributed by atoms with van der Waals surface area (Å²) < 4.78 is 0. The fraction of sp³-hybridized carbons (Fsp3) is 0.474. The summed E-state index contributed by atoms with van der Waals surface area (Å²) in [6.45, 7) is 4.98. The van der Waals surface area contributed by atoms with Gasteiger partial charge in [-0.3, -0.25) is 19.5 Å². The number of rotatable bonds is 5. The molecule has 27 heavy (non-hydrogen) atoms. The van der Waals surface area contributed by atoms with Crippen LogP contribution in [-0.4, -0.2) is 70.3 Å². The minimum Gasteiger partial charge on any atom is -0.352 e. The maximum Gasteiger partial charge on any atom is 0.265 e. The number of carbonyl (C=O) groups excluding carboxylic acids is 2. The molecule has 2 fully saturated rings. The van der Waals surface area contributed by atoms with E-state index in [0.717, 1.165) is 42.3 Å². The average Bonchev–Trinajstić information content (AvgIpc) is 3.41. The number of piperazine rings is 1. The van der Waals surface area contributed by atoms with Crippen LogP contribution >= 0.6 is 11.3 Å². The highest BCUT2D eigenvalue weighted by Gasteiger charge is 2.28. The molecule has 2 aromatic heterocycles. The molecule has 0 bridgehead atoms. The molecule has 0 atom stereocenters. The highest BCUT2D eigenvalue weighted by molar-refractivity contribution is 7.17. The molecular weight excluding hydrogens is 362 g/mol. The van der Waals surface area contributed by atoms with Crippen molar-refractivity contribution >= 4 is 23.2 Å². The molecule has 8 heteroatoms. The van der Waals surface area contributed by atoms with Crippen LogP contribution < -0.4 is 5.32 Å². The van der Waals surface area contributed by atoms with Gasteiger partial charge in [0.25, 0.3) is 5.91 Å². The normalized spacial score (nSPS) is 17.7. The third kappa shape index (κ3) is 4.33. The molecule has 0 aromatic carbocycles. The first-order chi connectivity index (χ1) is 13.1. The third-order valence-corrected chi connectivity index (χ3v) is 6.01.